The Balaban J connectivity index is 1.34. The lowest BCUT2D eigenvalue weighted by atomic mass is 9.95. The highest BCUT2D eigenvalue weighted by Crippen LogP contribution is 2.35. The molecule has 5 nitrogen and oxygen atoms in total. The van der Waals surface area contributed by atoms with E-state index in [9.17, 15) is 9.18 Å². The van der Waals surface area contributed by atoms with Crippen molar-refractivity contribution in [2.45, 2.75) is 38.1 Å². The minimum absolute atomic E-state index is 0.155. The third-order valence-electron chi connectivity index (χ3n) is 6.24. The van der Waals surface area contributed by atoms with Gasteiger partial charge in [0.1, 0.15) is 17.1 Å². The van der Waals surface area contributed by atoms with Crippen LogP contribution >= 0.6 is 0 Å². The Morgan fingerprint density at radius 2 is 2.10 bits per heavy atom. The fourth-order valence-corrected chi connectivity index (χ4v) is 4.66. The number of allylic oxidation sites excluding steroid dienone is 1. The highest BCUT2D eigenvalue weighted by molar-refractivity contribution is 5.96. The zero-order valence-corrected chi connectivity index (χ0v) is 17.3. The molecule has 3 heterocycles. The zero-order valence-electron chi connectivity index (χ0n) is 17.3. The number of rotatable bonds is 3. The summed E-state index contributed by atoms with van der Waals surface area (Å²) >= 11 is 0. The monoisotopic (exact) mass is 420 g/mol. The fraction of sp³-hybridized carbons (Fsp3) is 0.320. The number of amides is 1. The van der Waals surface area contributed by atoms with Gasteiger partial charge in [0, 0.05) is 35.3 Å². The van der Waals surface area contributed by atoms with Crippen molar-refractivity contribution in [3.8, 4) is 5.75 Å². The molecule has 1 N–H and O–H groups in total. The van der Waals surface area contributed by atoms with E-state index in [1.807, 2.05) is 18.4 Å². The average molecular weight is 420 g/mol. The molecule has 2 aliphatic rings. The Morgan fingerprint density at radius 1 is 1.16 bits per heavy atom. The Kier molecular flexibility index (Phi) is 5.47. The summed E-state index contributed by atoms with van der Waals surface area (Å²) < 4.78 is 24.3. The molecule has 5 rings (SSSR count). The Morgan fingerprint density at radius 3 is 3.00 bits per heavy atom. The first-order chi connectivity index (χ1) is 15.2. The standard InChI is InChI=1S/C25H25FN2O3/c26-18-4-3-6-21(14-18)31-25(29)27-19-8-10-24-22(15-19)23(16-30-24)17-7-9-20-5-1-2-12-28(20)13-11-17/h3-4,6,8,10-11,14-16,20H,1-2,5,7,9,12-13H2,(H,27,29). The number of nitrogens with zero attached hydrogens (tertiary/aromatic N) is 1. The van der Waals surface area contributed by atoms with Crippen molar-refractivity contribution in [3.05, 3.63) is 66.2 Å². The van der Waals surface area contributed by atoms with Gasteiger partial charge in [0.2, 0.25) is 0 Å². The minimum Gasteiger partial charge on any atom is -0.464 e. The number of ether oxygens (including phenoxy) is 1. The second-order valence-corrected chi connectivity index (χ2v) is 8.24. The predicted molar refractivity (Wildman–Crippen MR) is 119 cm³/mol. The van der Waals surface area contributed by atoms with Crippen LogP contribution in [0.5, 0.6) is 5.75 Å². The van der Waals surface area contributed by atoms with E-state index in [1.54, 1.807) is 6.07 Å². The van der Waals surface area contributed by atoms with Gasteiger partial charge >= 0.3 is 6.09 Å². The number of hydrogen-bond donors (Lipinski definition) is 1. The number of piperidine rings is 1. The van der Waals surface area contributed by atoms with Gasteiger partial charge in [0.15, 0.2) is 0 Å². The largest absolute Gasteiger partial charge is 0.464 e. The van der Waals surface area contributed by atoms with Crippen LogP contribution in [-0.2, 0) is 0 Å². The van der Waals surface area contributed by atoms with E-state index in [0.29, 0.717) is 11.7 Å². The third kappa shape index (κ3) is 4.35. The Bertz CT molecular complexity index is 1140. The molecule has 0 bridgehead atoms. The van der Waals surface area contributed by atoms with Crippen molar-refractivity contribution in [2.24, 2.45) is 0 Å². The Hall–Kier alpha value is -3.12. The molecule has 1 amide bonds. The number of halogens is 1. The summed E-state index contributed by atoms with van der Waals surface area (Å²) in [5.41, 5.74) is 3.76. The second kappa shape index (κ2) is 8.55. The quantitative estimate of drug-likeness (QED) is 0.547. The van der Waals surface area contributed by atoms with E-state index in [-0.39, 0.29) is 5.75 Å². The maximum atomic E-state index is 13.3. The molecule has 1 aromatic heterocycles. The third-order valence-corrected chi connectivity index (χ3v) is 6.24. The van der Waals surface area contributed by atoms with E-state index in [2.05, 4.69) is 16.3 Å². The van der Waals surface area contributed by atoms with Gasteiger partial charge in [-0.1, -0.05) is 18.6 Å². The minimum atomic E-state index is -0.666. The number of anilines is 1. The number of carbonyl (C=O) groups is 1. The van der Waals surface area contributed by atoms with E-state index >= 15 is 0 Å². The maximum absolute atomic E-state index is 13.3. The van der Waals surface area contributed by atoms with Gasteiger partial charge in [0.25, 0.3) is 0 Å². The molecule has 3 aromatic rings. The van der Waals surface area contributed by atoms with E-state index < -0.39 is 11.9 Å². The molecule has 0 spiro atoms. The summed E-state index contributed by atoms with van der Waals surface area (Å²) in [4.78, 5) is 14.8. The van der Waals surface area contributed by atoms with Gasteiger partial charge in [-0.05, 0) is 68.1 Å². The smallest absolute Gasteiger partial charge is 0.417 e. The normalized spacial score (nSPS) is 19.4. The van der Waals surface area contributed by atoms with Crippen LogP contribution in [0.25, 0.3) is 16.5 Å². The molecule has 1 unspecified atom stereocenters. The summed E-state index contributed by atoms with van der Waals surface area (Å²) in [5.74, 6) is -0.301. The average Bonchev–Trinajstić information content (AvgIpc) is 3.05. The molecule has 31 heavy (non-hydrogen) atoms. The van der Waals surface area contributed by atoms with Crippen LogP contribution in [0, 0.1) is 5.82 Å². The van der Waals surface area contributed by atoms with Crippen molar-refractivity contribution in [1.29, 1.82) is 0 Å². The van der Waals surface area contributed by atoms with Crippen LogP contribution < -0.4 is 10.1 Å². The number of fused-ring (bicyclic) bond motifs is 2. The van der Waals surface area contributed by atoms with Crippen LogP contribution in [-0.4, -0.2) is 30.1 Å². The van der Waals surface area contributed by atoms with E-state index in [1.165, 1.54) is 55.6 Å². The summed E-state index contributed by atoms with van der Waals surface area (Å²) in [6, 6.07) is 11.7. The molecule has 0 radical (unpaired) electrons. The summed E-state index contributed by atoms with van der Waals surface area (Å²) in [5, 5.41) is 3.69. The highest BCUT2D eigenvalue weighted by atomic mass is 19.1. The number of benzene rings is 2. The first kappa shape index (κ1) is 19.8. The number of nitrogens with one attached hydrogen (secondary N) is 1. The van der Waals surface area contributed by atoms with Gasteiger partial charge in [0.05, 0.1) is 6.26 Å². The molecule has 0 aliphatic carbocycles. The molecule has 1 atom stereocenters. The maximum Gasteiger partial charge on any atom is 0.417 e. The molecule has 2 aromatic carbocycles. The van der Waals surface area contributed by atoms with Crippen LogP contribution in [0.2, 0.25) is 0 Å². The molecule has 6 heteroatoms. The summed E-state index contributed by atoms with van der Waals surface area (Å²) in [6.07, 6.45) is 9.56. The van der Waals surface area contributed by atoms with Crippen LogP contribution in [0.1, 0.15) is 37.7 Å². The second-order valence-electron chi connectivity index (χ2n) is 8.24. The highest BCUT2D eigenvalue weighted by Gasteiger charge is 2.25. The van der Waals surface area contributed by atoms with Crippen LogP contribution in [0.4, 0.5) is 14.9 Å². The fourth-order valence-electron chi connectivity index (χ4n) is 4.66. The zero-order chi connectivity index (χ0) is 21.2. The first-order valence-corrected chi connectivity index (χ1v) is 10.8. The van der Waals surface area contributed by atoms with Crippen molar-refractivity contribution in [1.82, 2.24) is 4.90 Å². The first-order valence-electron chi connectivity index (χ1n) is 10.8. The van der Waals surface area contributed by atoms with E-state index in [0.717, 1.165) is 35.9 Å². The topological polar surface area (TPSA) is 54.7 Å². The molecular formula is C25H25FN2O3. The lowest BCUT2D eigenvalue weighted by molar-refractivity contribution is 0.161. The molecule has 0 saturated carbocycles. The molecule has 160 valence electrons. The Labute approximate surface area is 180 Å². The van der Waals surface area contributed by atoms with Gasteiger partial charge in [-0.2, -0.15) is 0 Å². The van der Waals surface area contributed by atoms with Gasteiger partial charge in [-0.25, -0.2) is 9.18 Å². The van der Waals surface area contributed by atoms with Crippen LogP contribution in [0.15, 0.2) is 59.2 Å². The van der Waals surface area contributed by atoms with Crippen LogP contribution in [0.3, 0.4) is 0 Å². The summed E-state index contributed by atoms with van der Waals surface area (Å²) in [7, 11) is 0. The summed E-state index contributed by atoms with van der Waals surface area (Å²) in [6.45, 7) is 2.16. The van der Waals surface area contributed by atoms with Crippen molar-refractivity contribution >= 4 is 28.3 Å². The van der Waals surface area contributed by atoms with Crippen molar-refractivity contribution in [2.75, 3.05) is 18.4 Å². The predicted octanol–water partition coefficient (Wildman–Crippen LogP) is 6.21. The lowest BCUT2D eigenvalue weighted by Crippen LogP contribution is -2.38. The van der Waals surface area contributed by atoms with Gasteiger partial charge in [-0.3, -0.25) is 10.2 Å². The number of carbonyl (C=O) groups excluding carboxylic acids is 1. The van der Waals surface area contributed by atoms with Crippen molar-refractivity contribution < 1.29 is 18.3 Å². The van der Waals surface area contributed by atoms with Gasteiger partial charge in [-0.15, -0.1) is 0 Å². The SMILES string of the molecule is O=C(Nc1ccc2occ(C3=CCN4CCCCC4CC3)c2c1)Oc1cccc(F)c1. The molecule has 1 saturated heterocycles. The molecular weight excluding hydrogens is 395 g/mol. The number of furan rings is 1. The number of hydrogen-bond acceptors (Lipinski definition) is 4. The molecule has 1 fully saturated rings. The van der Waals surface area contributed by atoms with Crippen molar-refractivity contribution in [3.63, 3.8) is 0 Å². The van der Waals surface area contributed by atoms with E-state index in [4.69, 9.17) is 9.15 Å². The lowest BCUT2D eigenvalue weighted by Gasteiger charge is -2.33. The molecule has 2 aliphatic heterocycles. The van der Waals surface area contributed by atoms with Gasteiger partial charge < -0.3 is 9.15 Å².